The molecule has 1 spiro atoms. The van der Waals surface area contributed by atoms with E-state index in [-0.39, 0.29) is 5.79 Å². The van der Waals surface area contributed by atoms with Crippen molar-refractivity contribution in [1.82, 2.24) is 0 Å². The van der Waals surface area contributed by atoms with E-state index in [0.717, 1.165) is 26.1 Å². The van der Waals surface area contributed by atoms with Crippen molar-refractivity contribution in [2.45, 2.75) is 72.5 Å². The molecule has 120 valence electrons. The standard InChI is InChI=1S/C19H32O2/c1-6-7-16-17(3,4)9-8-15-14(2)19(20-12-13-21-19)11-10-18(15,16)5/h7,14-15H,6,8-13H2,1-5H3/b16-7+/t14?,15-,18-/m0/s1. The van der Waals surface area contributed by atoms with Crippen molar-refractivity contribution in [3.8, 4) is 0 Å². The van der Waals surface area contributed by atoms with E-state index in [4.69, 9.17) is 9.47 Å². The van der Waals surface area contributed by atoms with Crippen molar-refractivity contribution in [1.29, 1.82) is 0 Å². The maximum atomic E-state index is 6.09. The highest BCUT2D eigenvalue weighted by Gasteiger charge is 2.59. The second-order valence-corrected chi connectivity index (χ2v) is 8.27. The Labute approximate surface area is 130 Å². The first-order valence-corrected chi connectivity index (χ1v) is 8.85. The summed E-state index contributed by atoms with van der Waals surface area (Å²) in [6, 6.07) is 0. The average molecular weight is 292 g/mol. The van der Waals surface area contributed by atoms with Gasteiger partial charge in [-0.1, -0.05) is 46.3 Å². The van der Waals surface area contributed by atoms with Crippen LogP contribution in [0.15, 0.2) is 11.6 Å². The van der Waals surface area contributed by atoms with E-state index in [1.165, 1.54) is 19.3 Å². The molecule has 3 atom stereocenters. The van der Waals surface area contributed by atoms with E-state index in [1.807, 2.05) is 0 Å². The molecule has 1 aliphatic heterocycles. The van der Waals surface area contributed by atoms with Crippen LogP contribution in [0.5, 0.6) is 0 Å². The molecule has 0 bridgehead atoms. The minimum Gasteiger partial charge on any atom is -0.347 e. The Hall–Kier alpha value is -0.340. The van der Waals surface area contributed by atoms with E-state index >= 15 is 0 Å². The number of fused-ring (bicyclic) bond motifs is 1. The van der Waals surface area contributed by atoms with Crippen molar-refractivity contribution in [3.63, 3.8) is 0 Å². The molecule has 2 aliphatic carbocycles. The number of hydrogen-bond acceptors (Lipinski definition) is 2. The van der Waals surface area contributed by atoms with Gasteiger partial charge in [0.05, 0.1) is 13.2 Å². The third-order valence-electron chi connectivity index (χ3n) is 6.72. The average Bonchev–Trinajstić information content (AvgIpc) is 2.89. The monoisotopic (exact) mass is 292 g/mol. The SMILES string of the molecule is CC/C=C1\C(C)(C)CC[C@H]2C(C)C3(CC[C@]12C)OCCO3. The van der Waals surface area contributed by atoms with Crippen LogP contribution < -0.4 is 0 Å². The van der Waals surface area contributed by atoms with Crippen molar-refractivity contribution in [2.75, 3.05) is 13.2 Å². The summed E-state index contributed by atoms with van der Waals surface area (Å²) in [6.07, 6.45) is 8.52. The van der Waals surface area contributed by atoms with Crippen LogP contribution in [-0.2, 0) is 9.47 Å². The van der Waals surface area contributed by atoms with E-state index in [1.54, 1.807) is 5.57 Å². The van der Waals surface area contributed by atoms with E-state index in [2.05, 4.69) is 40.7 Å². The third-order valence-corrected chi connectivity index (χ3v) is 6.72. The first-order valence-electron chi connectivity index (χ1n) is 8.85. The molecule has 1 unspecified atom stereocenters. The van der Waals surface area contributed by atoms with Gasteiger partial charge in [-0.15, -0.1) is 0 Å². The van der Waals surface area contributed by atoms with Crippen LogP contribution in [0.4, 0.5) is 0 Å². The second-order valence-electron chi connectivity index (χ2n) is 8.27. The molecular weight excluding hydrogens is 260 g/mol. The Morgan fingerprint density at radius 1 is 1.10 bits per heavy atom. The molecule has 1 heterocycles. The maximum absolute atomic E-state index is 6.09. The predicted molar refractivity (Wildman–Crippen MR) is 86.0 cm³/mol. The number of allylic oxidation sites excluding steroid dienone is 2. The molecule has 2 heteroatoms. The fourth-order valence-corrected chi connectivity index (χ4v) is 5.62. The Bertz CT molecular complexity index is 431. The lowest BCUT2D eigenvalue weighted by Crippen LogP contribution is -2.55. The lowest BCUT2D eigenvalue weighted by molar-refractivity contribution is -0.243. The summed E-state index contributed by atoms with van der Waals surface area (Å²) in [4.78, 5) is 0. The number of rotatable bonds is 1. The third kappa shape index (κ3) is 2.21. The molecule has 3 rings (SSSR count). The van der Waals surface area contributed by atoms with Gasteiger partial charge in [0.2, 0.25) is 0 Å². The summed E-state index contributed by atoms with van der Waals surface area (Å²) < 4.78 is 12.2. The summed E-state index contributed by atoms with van der Waals surface area (Å²) in [5.41, 5.74) is 2.38. The van der Waals surface area contributed by atoms with Gasteiger partial charge >= 0.3 is 0 Å². The Kier molecular flexibility index (Phi) is 3.77. The fourth-order valence-electron chi connectivity index (χ4n) is 5.62. The molecule has 1 saturated heterocycles. The minimum absolute atomic E-state index is 0.275. The van der Waals surface area contributed by atoms with Crippen molar-refractivity contribution >= 4 is 0 Å². The van der Waals surface area contributed by atoms with Crippen LogP contribution in [0.25, 0.3) is 0 Å². The van der Waals surface area contributed by atoms with Gasteiger partial charge < -0.3 is 9.47 Å². The molecule has 21 heavy (non-hydrogen) atoms. The summed E-state index contributed by atoms with van der Waals surface area (Å²) in [5, 5.41) is 0. The fraction of sp³-hybridized carbons (Fsp3) is 0.895. The van der Waals surface area contributed by atoms with Crippen LogP contribution in [0.2, 0.25) is 0 Å². The van der Waals surface area contributed by atoms with Crippen LogP contribution in [0.1, 0.15) is 66.7 Å². The highest BCUT2D eigenvalue weighted by molar-refractivity contribution is 5.27. The summed E-state index contributed by atoms with van der Waals surface area (Å²) >= 11 is 0. The van der Waals surface area contributed by atoms with Gasteiger partial charge in [-0.05, 0) is 42.4 Å². The zero-order chi connectivity index (χ0) is 15.3. The molecular formula is C19H32O2. The van der Waals surface area contributed by atoms with Gasteiger partial charge in [-0.25, -0.2) is 0 Å². The van der Waals surface area contributed by atoms with Crippen LogP contribution in [0.3, 0.4) is 0 Å². The summed E-state index contributed by atoms with van der Waals surface area (Å²) in [6.45, 7) is 13.6. The highest BCUT2D eigenvalue weighted by Crippen LogP contribution is 2.63. The zero-order valence-corrected chi connectivity index (χ0v) is 14.5. The lowest BCUT2D eigenvalue weighted by atomic mass is 9.48. The van der Waals surface area contributed by atoms with Crippen LogP contribution in [0, 0.1) is 22.7 Å². The molecule has 2 nitrogen and oxygen atoms in total. The molecule has 3 fully saturated rings. The summed E-state index contributed by atoms with van der Waals surface area (Å²) in [7, 11) is 0. The first kappa shape index (κ1) is 15.6. The molecule has 0 amide bonds. The summed E-state index contributed by atoms with van der Waals surface area (Å²) in [5.74, 6) is 0.911. The number of ether oxygens (including phenoxy) is 2. The minimum atomic E-state index is -0.275. The molecule has 0 aromatic rings. The van der Waals surface area contributed by atoms with Crippen molar-refractivity contribution in [2.24, 2.45) is 22.7 Å². The van der Waals surface area contributed by atoms with Gasteiger partial charge in [0.25, 0.3) is 0 Å². The first-order chi connectivity index (χ1) is 9.86. The molecule has 3 aliphatic rings. The zero-order valence-electron chi connectivity index (χ0n) is 14.5. The van der Waals surface area contributed by atoms with Crippen molar-refractivity contribution in [3.05, 3.63) is 11.6 Å². The molecule has 2 saturated carbocycles. The molecule has 0 radical (unpaired) electrons. The number of hydrogen-bond donors (Lipinski definition) is 0. The molecule has 0 aromatic heterocycles. The van der Waals surface area contributed by atoms with E-state index < -0.39 is 0 Å². The van der Waals surface area contributed by atoms with E-state index in [9.17, 15) is 0 Å². The maximum Gasteiger partial charge on any atom is 0.171 e. The molecule has 0 N–H and O–H groups in total. The van der Waals surface area contributed by atoms with Crippen LogP contribution in [-0.4, -0.2) is 19.0 Å². The van der Waals surface area contributed by atoms with Gasteiger partial charge in [0.1, 0.15) is 0 Å². The van der Waals surface area contributed by atoms with E-state index in [0.29, 0.717) is 22.7 Å². The van der Waals surface area contributed by atoms with Gasteiger partial charge in [0.15, 0.2) is 5.79 Å². The smallest absolute Gasteiger partial charge is 0.171 e. The van der Waals surface area contributed by atoms with Gasteiger partial charge in [-0.3, -0.25) is 0 Å². The second kappa shape index (κ2) is 5.09. The van der Waals surface area contributed by atoms with Crippen molar-refractivity contribution < 1.29 is 9.47 Å². The largest absolute Gasteiger partial charge is 0.347 e. The molecule has 0 aromatic carbocycles. The Balaban J connectivity index is 1.96. The quantitative estimate of drug-likeness (QED) is 0.637. The highest BCUT2D eigenvalue weighted by atomic mass is 16.7. The van der Waals surface area contributed by atoms with Gasteiger partial charge in [0, 0.05) is 12.3 Å². The lowest BCUT2D eigenvalue weighted by Gasteiger charge is -2.59. The normalized spacial score (nSPS) is 43.2. The Morgan fingerprint density at radius 3 is 2.38 bits per heavy atom. The van der Waals surface area contributed by atoms with Crippen LogP contribution >= 0.6 is 0 Å². The Morgan fingerprint density at radius 2 is 1.76 bits per heavy atom. The predicted octanol–water partition coefficient (Wildman–Crippen LogP) is 4.94. The topological polar surface area (TPSA) is 18.5 Å². The van der Waals surface area contributed by atoms with Gasteiger partial charge in [-0.2, -0.15) is 0 Å².